The van der Waals surface area contributed by atoms with Gasteiger partial charge in [0.25, 0.3) is 0 Å². The summed E-state index contributed by atoms with van der Waals surface area (Å²) in [6.07, 6.45) is -2.10. The van der Waals surface area contributed by atoms with Gasteiger partial charge in [0.1, 0.15) is 6.54 Å². The number of rotatable bonds is 5. The first kappa shape index (κ1) is 12.3. The van der Waals surface area contributed by atoms with E-state index in [2.05, 4.69) is 12.2 Å². The molecule has 6 heteroatoms. The molecule has 0 saturated heterocycles. The third-order valence-electron chi connectivity index (χ3n) is 2.43. The molecule has 0 unspecified atom stereocenters. The van der Waals surface area contributed by atoms with Crippen molar-refractivity contribution in [2.75, 3.05) is 19.6 Å². The van der Waals surface area contributed by atoms with Crippen molar-refractivity contribution in [2.45, 2.75) is 25.9 Å². The van der Waals surface area contributed by atoms with E-state index in [1.807, 2.05) is 0 Å². The summed E-state index contributed by atoms with van der Waals surface area (Å²) < 4.78 is 35.1. The minimum absolute atomic E-state index is 0.0499. The molecule has 0 bridgehead atoms. The number of carbonyl (C=O) groups is 1. The van der Waals surface area contributed by atoms with Gasteiger partial charge in [-0.1, -0.05) is 6.92 Å². The molecule has 0 heterocycles. The molecular formula is C9H15F3N2O. The van der Waals surface area contributed by atoms with Crippen LogP contribution in [0.2, 0.25) is 0 Å². The second kappa shape index (κ2) is 4.38. The average Bonchev–Trinajstić information content (AvgIpc) is 2.79. The maximum absolute atomic E-state index is 11.7. The van der Waals surface area contributed by atoms with E-state index in [0.29, 0.717) is 6.54 Å². The maximum atomic E-state index is 11.7. The molecule has 1 aliphatic carbocycles. The molecule has 0 aliphatic heterocycles. The summed E-state index contributed by atoms with van der Waals surface area (Å²) >= 11 is 0. The Bertz CT molecular complexity index is 236. The normalized spacial score (nSPS) is 18.7. The minimum atomic E-state index is -4.34. The van der Waals surface area contributed by atoms with Crippen molar-refractivity contribution in [3.8, 4) is 0 Å². The lowest BCUT2D eigenvalue weighted by Gasteiger charge is -2.11. The van der Waals surface area contributed by atoms with Crippen LogP contribution in [0, 0.1) is 5.41 Å². The van der Waals surface area contributed by atoms with E-state index in [0.717, 1.165) is 12.8 Å². The maximum Gasteiger partial charge on any atom is 0.405 e. The van der Waals surface area contributed by atoms with Gasteiger partial charge in [0.15, 0.2) is 0 Å². The van der Waals surface area contributed by atoms with Crippen molar-refractivity contribution in [1.82, 2.24) is 10.6 Å². The fourth-order valence-electron chi connectivity index (χ4n) is 1.13. The summed E-state index contributed by atoms with van der Waals surface area (Å²) in [6.45, 7) is 1.45. The Balaban J connectivity index is 2.03. The van der Waals surface area contributed by atoms with Crippen LogP contribution in [0.5, 0.6) is 0 Å². The number of amides is 1. The van der Waals surface area contributed by atoms with Crippen LogP contribution in [0.1, 0.15) is 19.8 Å². The average molecular weight is 224 g/mol. The second-order valence-electron chi connectivity index (χ2n) is 4.31. The fourth-order valence-corrected chi connectivity index (χ4v) is 1.13. The molecule has 0 aromatic heterocycles. The van der Waals surface area contributed by atoms with Gasteiger partial charge in [-0.15, -0.1) is 0 Å². The van der Waals surface area contributed by atoms with Gasteiger partial charge in [0, 0.05) is 6.54 Å². The third-order valence-corrected chi connectivity index (χ3v) is 2.43. The zero-order valence-electron chi connectivity index (χ0n) is 8.58. The molecule has 1 fully saturated rings. The predicted molar refractivity (Wildman–Crippen MR) is 49.3 cm³/mol. The smallest absolute Gasteiger partial charge is 0.346 e. The van der Waals surface area contributed by atoms with Crippen molar-refractivity contribution in [3.05, 3.63) is 0 Å². The Labute approximate surface area is 86.4 Å². The quantitative estimate of drug-likeness (QED) is 0.733. The monoisotopic (exact) mass is 224 g/mol. The van der Waals surface area contributed by atoms with E-state index in [1.165, 1.54) is 0 Å². The van der Waals surface area contributed by atoms with Gasteiger partial charge in [-0.2, -0.15) is 13.2 Å². The Morgan fingerprint density at radius 2 is 2.00 bits per heavy atom. The van der Waals surface area contributed by atoms with Gasteiger partial charge in [-0.05, 0) is 18.3 Å². The zero-order valence-corrected chi connectivity index (χ0v) is 8.58. The molecule has 1 amide bonds. The summed E-state index contributed by atoms with van der Waals surface area (Å²) in [4.78, 5) is 10.9. The van der Waals surface area contributed by atoms with E-state index in [9.17, 15) is 18.0 Å². The molecule has 0 atom stereocenters. The highest BCUT2D eigenvalue weighted by molar-refractivity contribution is 5.78. The Kier molecular flexibility index (Phi) is 3.59. The van der Waals surface area contributed by atoms with Gasteiger partial charge in [0.05, 0.1) is 6.54 Å². The highest BCUT2D eigenvalue weighted by Gasteiger charge is 2.36. The lowest BCUT2D eigenvalue weighted by molar-refractivity contribution is -0.137. The van der Waals surface area contributed by atoms with Gasteiger partial charge in [0.2, 0.25) is 5.91 Å². The number of hydrogen-bond acceptors (Lipinski definition) is 2. The molecule has 15 heavy (non-hydrogen) atoms. The van der Waals surface area contributed by atoms with Crippen molar-refractivity contribution >= 4 is 5.91 Å². The summed E-state index contributed by atoms with van der Waals surface area (Å²) in [6, 6.07) is 0. The second-order valence-corrected chi connectivity index (χ2v) is 4.31. The van der Waals surface area contributed by atoms with Crippen molar-refractivity contribution in [1.29, 1.82) is 0 Å². The first-order valence-corrected chi connectivity index (χ1v) is 4.85. The van der Waals surface area contributed by atoms with Gasteiger partial charge in [-0.3, -0.25) is 4.79 Å². The predicted octanol–water partition coefficient (Wildman–Crippen LogP) is 1.05. The summed E-state index contributed by atoms with van der Waals surface area (Å²) in [7, 11) is 0. The lowest BCUT2D eigenvalue weighted by atomic mass is 10.1. The van der Waals surface area contributed by atoms with Crippen LogP contribution in [-0.4, -0.2) is 31.7 Å². The summed E-state index contributed by atoms with van der Waals surface area (Å²) in [5, 5.41) is 4.65. The minimum Gasteiger partial charge on any atom is -0.346 e. The Hall–Kier alpha value is -0.780. The van der Waals surface area contributed by atoms with Crippen LogP contribution in [0.4, 0.5) is 13.2 Å². The van der Waals surface area contributed by atoms with E-state index in [-0.39, 0.29) is 12.0 Å². The molecule has 0 aromatic rings. The molecule has 3 nitrogen and oxygen atoms in total. The van der Waals surface area contributed by atoms with Crippen molar-refractivity contribution in [3.63, 3.8) is 0 Å². The van der Waals surface area contributed by atoms with Crippen LogP contribution >= 0.6 is 0 Å². The van der Waals surface area contributed by atoms with Crippen LogP contribution in [0.3, 0.4) is 0 Å². The SMILES string of the molecule is CC1(CNCC(=O)NCC(F)(F)F)CC1. The third kappa shape index (κ3) is 5.61. The van der Waals surface area contributed by atoms with E-state index in [1.54, 1.807) is 5.32 Å². The molecule has 2 N–H and O–H groups in total. The molecule has 0 aromatic carbocycles. The van der Waals surface area contributed by atoms with Gasteiger partial charge < -0.3 is 10.6 Å². The van der Waals surface area contributed by atoms with E-state index >= 15 is 0 Å². The molecule has 0 spiro atoms. The van der Waals surface area contributed by atoms with E-state index in [4.69, 9.17) is 0 Å². The van der Waals surface area contributed by atoms with Crippen LogP contribution in [0.15, 0.2) is 0 Å². The molecule has 1 aliphatic rings. The van der Waals surface area contributed by atoms with Crippen LogP contribution in [0.25, 0.3) is 0 Å². The summed E-state index contributed by atoms with van der Waals surface area (Å²) in [5.74, 6) is -0.614. The van der Waals surface area contributed by atoms with Crippen LogP contribution in [-0.2, 0) is 4.79 Å². The number of carbonyl (C=O) groups excluding carboxylic acids is 1. The standard InChI is InChI=1S/C9H15F3N2O/c1-8(2-3-8)5-13-4-7(15)14-6-9(10,11)12/h13H,2-6H2,1H3,(H,14,15). The number of halogens is 3. The Morgan fingerprint density at radius 3 is 2.47 bits per heavy atom. The molecule has 1 saturated carbocycles. The molecule has 1 rings (SSSR count). The van der Waals surface area contributed by atoms with Gasteiger partial charge in [-0.25, -0.2) is 0 Å². The molecule has 0 radical (unpaired) electrons. The largest absolute Gasteiger partial charge is 0.405 e. The number of nitrogens with one attached hydrogen (secondary N) is 2. The first-order chi connectivity index (χ1) is 6.81. The number of hydrogen-bond donors (Lipinski definition) is 2. The molecule has 88 valence electrons. The van der Waals surface area contributed by atoms with Gasteiger partial charge >= 0.3 is 6.18 Å². The lowest BCUT2D eigenvalue weighted by Crippen LogP contribution is -2.40. The van der Waals surface area contributed by atoms with E-state index < -0.39 is 18.6 Å². The summed E-state index contributed by atoms with van der Waals surface area (Å²) in [5.41, 5.74) is 0.254. The Morgan fingerprint density at radius 1 is 1.40 bits per heavy atom. The first-order valence-electron chi connectivity index (χ1n) is 4.85. The molecular weight excluding hydrogens is 209 g/mol. The highest BCUT2D eigenvalue weighted by Crippen LogP contribution is 2.43. The topological polar surface area (TPSA) is 41.1 Å². The van der Waals surface area contributed by atoms with Crippen molar-refractivity contribution < 1.29 is 18.0 Å². The highest BCUT2D eigenvalue weighted by atomic mass is 19.4. The van der Waals surface area contributed by atoms with Crippen molar-refractivity contribution in [2.24, 2.45) is 5.41 Å². The number of alkyl halides is 3. The fraction of sp³-hybridized carbons (Fsp3) is 0.889. The zero-order chi connectivity index (χ0) is 11.5. The van der Waals surface area contributed by atoms with Crippen LogP contribution < -0.4 is 10.6 Å².